The molecule has 1 fully saturated rings. The number of hydrogen-bond donors (Lipinski definition) is 1. The van der Waals surface area contributed by atoms with Crippen LogP contribution in [0.3, 0.4) is 0 Å². The zero-order valence-corrected chi connectivity index (χ0v) is 16.1. The third kappa shape index (κ3) is 4.15. The molecular weight excluding hydrogens is 334 g/mol. The van der Waals surface area contributed by atoms with Crippen molar-refractivity contribution in [2.75, 3.05) is 23.3 Å². The molecule has 0 saturated carbocycles. The summed E-state index contributed by atoms with van der Waals surface area (Å²) in [6.07, 6.45) is 3.95. The van der Waals surface area contributed by atoms with Crippen LogP contribution in [0.25, 0.3) is 0 Å². The Bertz CT molecular complexity index is 750. The van der Waals surface area contributed by atoms with Gasteiger partial charge in [0.25, 0.3) is 5.91 Å². The van der Waals surface area contributed by atoms with Crippen LogP contribution in [0.15, 0.2) is 11.6 Å². The van der Waals surface area contributed by atoms with Gasteiger partial charge in [-0.2, -0.15) is 0 Å². The average molecular weight is 359 g/mol. The maximum Gasteiger partial charge on any atom is 0.260 e. The lowest BCUT2D eigenvalue weighted by Gasteiger charge is -2.30. The highest BCUT2D eigenvalue weighted by atomic mass is 32.1. The van der Waals surface area contributed by atoms with E-state index in [2.05, 4.69) is 45.9 Å². The van der Waals surface area contributed by atoms with Gasteiger partial charge in [-0.3, -0.25) is 10.1 Å². The van der Waals surface area contributed by atoms with Crippen LogP contribution in [0.5, 0.6) is 0 Å². The van der Waals surface area contributed by atoms with Gasteiger partial charge in [0.05, 0.1) is 17.0 Å². The van der Waals surface area contributed by atoms with Gasteiger partial charge in [-0.1, -0.05) is 20.8 Å². The van der Waals surface area contributed by atoms with Crippen molar-refractivity contribution in [1.82, 2.24) is 15.0 Å². The fourth-order valence-corrected chi connectivity index (χ4v) is 3.68. The molecule has 6 nitrogen and oxygen atoms in total. The van der Waals surface area contributed by atoms with Crippen LogP contribution in [0.2, 0.25) is 0 Å². The third-order valence-electron chi connectivity index (χ3n) is 4.61. The molecule has 0 aliphatic carbocycles. The minimum Gasteiger partial charge on any atom is -0.341 e. The Balaban J connectivity index is 1.70. The predicted molar refractivity (Wildman–Crippen MR) is 102 cm³/mol. The summed E-state index contributed by atoms with van der Waals surface area (Å²) in [6.45, 7) is 10.2. The molecule has 0 unspecified atom stereocenters. The second-order valence-corrected chi connectivity index (χ2v) is 7.88. The van der Waals surface area contributed by atoms with E-state index in [4.69, 9.17) is 0 Å². The highest BCUT2D eigenvalue weighted by Crippen LogP contribution is 2.23. The number of carbonyl (C=O) groups excluding carboxylic acids is 1. The van der Waals surface area contributed by atoms with Gasteiger partial charge in [0.15, 0.2) is 5.13 Å². The van der Waals surface area contributed by atoms with E-state index in [-0.39, 0.29) is 5.91 Å². The second kappa shape index (κ2) is 7.47. The number of nitrogens with zero attached hydrogens (tertiary/aromatic N) is 4. The molecule has 1 amide bonds. The number of carbonyl (C=O) groups is 1. The van der Waals surface area contributed by atoms with Gasteiger partial charge in [0.1, 0.15) is 0 Å². The minimum absolute atomic E-state index is 0.207. The van der Waals surface area contributed by atoms with E-state index < -0.39 is 0 Å². The number of aryl methyl sites for hydroxylation is 1. The van der Waals surface area contributed by atoms with E-state index >= 15 is 0 Å². The van der Waals surface area contributed by atoms with Crippen molar-refractivity contribution in [1.29, 1.82) is 0 Å². The summed E-state index contributed by atoms with van der Waals surface area (Å²) in [5, 5.41) is 5.44. The molecule has 1 N–H and O–H groups in total. The van der Waals surface area contributed by atoms with Gasteiger partial charge in [-0.25, -0.2) is 15.0 Å². The summed E-state index contributed by atoms with van der Waals surface area (Å²) in [5.74, 6) is 1.62. The van der Waals surface area contributed by atoms with Crippen LogP contribution >= 0.6 is 11.3 Å². The first-order chi connectivity index (χ1) is 11.9. The van der Waals surface area contributed by atoms with E-state index in [1.54, 1.807) is 6.20 Å². The highest BCUT2D eigenvalue weighted by Gasteiger charge is 2.20. The van der Waals surface area contributed by atoms with Gasteiger partial charge < -0.3 is 4.90 Å². The number of amides is 1. The number of nitrogens with one attached hydrogen (secondary N) is 1. The normalized spacial score (nSPS) is 15.6. The minimum atomic E-state index is -0.207. The first kappa shape index (κ1) is 17.8. The molecule has 0 bridgehead atoms. The fourth-order valence-electron chi connectivity index (χ4n) is 2.81. The Labute approximate surface area is 152 Å². The van der Waals surface area contributed by atoms with E-state index in [1.807, 2.05) is 12.3 Å². The molecule has 7 heteroatoms. The van der Waals surface area contributed by atoms with Crippen LogP contribution < -0.4 is 10.2 Å². The lowest BCUT2D eigenvalue weighted by molar-refractivity contribution is 0.102. The summed E-state index contributed by atoms with van der Waals surface area (Å²) in [6, 6.07) is 0. The van der Waals surface area contributed by atoms with Gasteiger partial charge >= 0.3 is 0 Å². The van der Waals surface area contributed by atoms with E-state index in [0.29, 0.717) is 22.3 Å². The Hall–Kier alpha value is -2.02. The van der Waals surface area contributed by atoms with Crippen molar-refractivity contribution in [3.8, 4) is 0 Å². The van der Waals surface area contributed by atoms with Gasteiger partial charge in [0, 0.05) is 24.7 Å². The van der Waals surface area contributed by atoms with Crippen molar-refractivity contribution < 1.29 is 4.79 Å². The zero-order valence-electron chi connectivity index (χ0n) is 15.2. The molecule has 3 heterocycles. The molecule has 0 aromatic carbocycles. The quantitative estimate of drug-likeness (QED) is 0.898. The molecule has 2 aromatic heterocycles. The monoisotopic (exact) mass is 359 g/mol. The first-order valence-electron chi connectivity index (χ1n) is 8.79. The van der Waals surface area contributed by atoms with Crippen LogP contribution in [0.4, 0.5) is 11.1 Å². The molecule has 1 aliphatic heterocycles. The number of aromatic nitrogens is 3. The summed E-state index contributed by atoms with van der Waals surface area (Å²) >= 11 is 1.44. The SMILES string of the molecule is Cc1nc(N2CCC(C)CC2)ncc1C(=O)Nc1nc(C(C)C)cs1. The van der Waals surface area contributed by atoms with Crippen LogP contribution in [-0.4, -0.2) is 33.9 Å². The second-order valence-electron chi connectivity index (χ2n) is 7.03. The van der Waals surface area contributed by atoms with E-state index in [1.165, 1.54) is 11.3 Å². The van der Waals surface area contributed by atoms with Gasteiger partial charge in [-0.05, 0) is 31.6 Å². The molecule has 25 heavy (non-hydrogen) atoms. The highest BCUT2D eigenvalue weighted by molar-refractivity contribution is 7.14. The maximum atomic E-state index is 12.5. The lowest BCUT2D eigenvalue weighted by atomic mass is 10.00. The molecule has 2 aromatic rings. The zero-order chi connectivity index (χ0) is 18.0. The van der Waals surface area contributed by atoms with Crippen molar-refractivity contribution >= 4 is 28.3 Å². The van der Waals surface area contributed by atoms with Crippen LogP contribution in [-0.2, 0) is 0 Å². The van der Waals surface area contributed by atoms with Crippen LogP contribution in [0, 0.1) is 12.8 Å². The van der Waals surface area contributed by atoms with Crippen LogP contribution in [0.1, 0.15) is 61.3 Å². The molecule has 0 spiro atoms. The van der Waals surface area contributed by atoms with E-state index in [0.717, 1.165) is 43.5 Å². The molecule has 134 valence electrons. The molecule has 3 rings (SSSR count). The van der Waals surface area contributed by atoms with Crippen molar-refractivity contribution in [3.63, 3.8) is 0 Å². The first-order valence-corrected chi connectivity index (χ1v) is 9.67. The lowest BCUT2D eigenvalue weighted by Crippen LogP contribution is -2.34. The standard InChI is InChI=1S/C18H25N5OS/c1-11(2)15-10-25-18(21-15)22-16(24)14-9-19-17(20-13(14)4)23-7-5-12(3)6-8-23/h9-12H,5-8H2,1-4H3,(H,21,22,24). The van der Waals surface area contributed by atoms with Crippen molar-refractivity contribution in [2.24, 2.45) is 5.92 Å². The average Bonchev–Trinajstić information content (AvgIpc) is 3.04. The number of anilines is 2. The Morgan fingerprint density at radius 1 is 1.32 bits per heavy atom. The molecular formula is C18H25N5OS. The largest absolute Gasteiger partial charge is 0.341 e. The smallest absolute Gasteiger partial charge is 0.260 e. The topological polar surface area (TPSA) is 71.0 Å². The molecule has 0 atom stereocenters. The summed E-state index contributed by atoms with van der Waals surface area (Å²) in [5.41, 5.74) is 2.18. The number of thiazole rings is 1. The van der Waals surface area contributed by atoms with Crippen molar-refractivity contribution in [2.45, 2.75) is 46.5 Å². The maximum absolute atomic E-state index is 12.5. The number of hydrogen-bond acceptors (Lipinski definition) is 6. The van der Waals surface area contributed by atoms with Gasteiger partial charge in [-0.15, -0.1) is 11.3 Å². The number of rotatable bonds is 4. The van der Waals surface area contributed by atoms with E-state index in [9.17, 15) is 4.79 Å². The Kier molecular flexibility index (Phi) is 5.32. The summed E-state index contributed by atoms with van der Waals surface area (Å²) in [7, 11) is 0. The number of piperidine rings is 1. The predicted octanol–water partition coefficient (Wildman–Crippen LogP) is 3.85. The third-order valence-corrected chi connectivity index (χ3v) is 5.39. The summed E-state index contributed by atoms with van der Waals surface area (Å²) < 4.78 is 0. The fraction of sp³-hybridized carbons (Fsp3) is 0.556. The Morgan fingerprint density at radius 3 is 2.64 bits per heavy atom. The molecule has 1 saturated heterocycles. The molecule has 1 aliphatic rings. The van der Waals surface area contributed by atoms with Crippen molar-refractivity contribution in [3.05, 3.63) is 28.5 Å². The van der Waals surface area contributed by atoms with Gasteiger partial charge in [0.2, 0.25) is 5.95 Å². The molecule has 0 radical (unpaired) electrons. The Morgan fingerprint density at radius 2 is 2.04 bits per heavy atom. The summed E-state index contributed by atoms with van der Waals surface area (Å²) in [4.78, 5) is 28.1.